The standard InChI is InChI=1S/C86H168O17P2/c1-9-78(7)64-56-48-40-32-26-19-15-13-11-12-14-16-21-29-35-43-52-60-68-86(91)103-82(73-97-84(89)67-59-51-45-37-39-47-55-63-77(5)6)75-101-105(94,95)99-71-80(87)70-98-104(92,93)100-74-81(72-96-83(88)66-58-50-42-34-28-24-23-25-31-38-46-54-62-76(3)4)102-85(90)69-61-53-44-36-30-22-18-17-20-27-33-41-49-57-65-79(8)10-2/h76-82,87H,9-75H2,1-8H3,(H,92,93)(H,94,95)/t78?,79?,80?,81-,82-/m1/s1. The first-order valence-corrected chi connectivity index (χ1v) is 47.3. The number of aliphatic hydroxyl groups excluding tert-OH is 1. The van der Waals surface area contributed by atoms with E-state index in [-0.39, 0.29) is 25.7 Å². The van der Waals surface area contributed by atoms with Gasteiger partial charge >= 0.3 is 39.5 Å². The van der Waals surface area contributed by atoms with Crippen molar-refractivity contribution in [1.29, 1.82) is 0 Å². The first-order chi connectivity index (χ1) is 50.7. The number of ether oxygens (including phenoxy) is 4. The van der Waals surface area contributed by atoms with Gasteiger partial charge in [0.2, 0.25) is 0 Å². The van der Waals surface area contributed by atoms with Crippen molar-refractivity contribution in [3.8, 4) is 0 Å². The van der Waals surface area contributed by atoms with Crippen LogP contribution in [0.2, 0.25) is 0 Å². The minimum Gasteiger partial charge on any atom is -0.462 e. The van der Waals surface area contributed by atoms with Crippen molar-refractivity contribution >= 4 is 39.5 Å². The van der Waals surface area contributed by atoms with Crippen LogP contribution in [0.1, 0.15) is 447 Å². The predicted molar refractivity (Wildman–Crippen MR) is 432 cm³/mol. The second-order valence-electron chi connectivity index (χ2n) is 32.4. The van der Waals surface area contributed by atoms with Crippen LogP contribution in [0.25, 0.3) is 0 Å². The molecule has 3 N–H and O–H groups in total. The largest absolute Gasteiger partial charge is 0.472 e. The van der Waals surface area contributed by atoms with E-state index in [1.165, 1.54) is 244 Å². The summed E-state index contributed by atoms with van der Waals surface area (Å²) in [4.78, 5) is 73.2. The molecule has 19 heteroatoms. The molecule has 0 aliphatic heterocycles. The van der Waals surface area contributed by atoms with Crippen LogP contribution in [0, 0.1) is 23.7 Å². The molecule has 0 aromatic rings. The summed E-state index contributed by atoms with van der Waals surface area (Å²) < 4.78 is 68.9. The number of carbonyl (C=O) groups excluding carboxylic acids is 4. The lowest BCUT2D eigenvalue weighted by Crippen LogP contribution is -2.30. The van der Waals surface area contributed by atoms with E-state index in [1.54, 1.807) is 0 Å². The summed E-state index contributed by atoms with van der Waals surface area (Å²) in [5, 5.41) is 10.7. The second-order valence-corrected chi connectivity index (χ2v) is 35.3. The van der Waals surface area contributed by atoms with Gasteiger partial charge in [-0.25, -0.2) is 9.13 Å². The summed E-state index contributed by atoms with van der Waals surface area (Å²) >= 11 is 0. The van der Waals surface area contributed by atoms with Crippen LogP contribution in [0.4, 0.5) is 0 Å². The van der Waals surface area contributed by atoms with E-state index >= 15 is 0 Å². The van der Waals surface area contributed by atoms with Gasteiger partial charge in [0.05, 0.1) is 26.4 Å². The van der Waals surface area contributed by atoms with Crippen LogP contribution in [0.15, 0.2) is 0 Å². The fraction of sp³-hybridized carbons (Fsp3) is 0.953. The zero-order valence-electron chi connectivity index (χ0n) is 69.4. The molecule has 0 radical (unpaired) electrons. The summed E-state index contributed by atoms with van der Waals surface area (Å²) in [5.74, 6) is 1.09. The molecule has 0 aliphatic rings. The molecule has 0 spiro atoms. The monoisotopic (exact) mass is 1540 g/mol. The minimum atomic E-state index is -4.97. The van der Waals surface area contributed by atoms with Gasteiger partial charge in [0.1, 0.15) is 19.3 Å². The molecule has 0 aromatic heterocycles. The maximum absolute atomic E-state index is 13.1. The average Bonchev–Trinajstić information content (AvgIpc) is 0.906. The van der Waals surface area contributed by atoms with Crippen LogP contribution in [0.5, 0.6) is 0 Å². The summed E-state index contributed by atoms with van der Waals surface area (Å²) in [6, 6.07) is 0. The summed E-state index contributed by atoms with van der Waals surface area (Å²) in [7, 11) is -9.93. The van der Waals surface area contributed by atoms with E-state index < -0.39 is 97.5 Å². The number of rotatable bonds is 83. The third-order valence-electron chi connectivity index (χ3n) is 20.8. The Morgan fingerprint density at radius 2 is 0.457 bits per heavy atom. The molecule has 105 heavy (non-hydrogen) atoms. The molecule has 0 aromatic carbocycles. The normalized spacial score (nSPS) is 14.4. The summed E-state index contributed by atoms with van der Waals surface area (Å²) in [5.41, 5.74) is 0. The quantitative estimate of drug-likeness (QED) is 0.0222. The Bertz CT molecular complexity index is 2050. The van der Waals surface area contributed by atoms with Gasteiger partial charge in [-0.05, 0) is 49.4 Å². The van der Waals surface area contributed by atoms with Crippen molar-refractivity contribution in [3.63, 3.8) is 0 Å². The lowest BCUT2D eigenvalue weighted by atomic mass is 9.99. The van der Waals surface area contributed by atoms with Crippen molar-refractivity contribution in [1.82, 2.24) is 0 Å². The molecule has 0 saturated heterocycles. The van der Waals surface area contributed by atoms with Crippen molar-refractivity contribution < 1.29 is 80.2 Å². The van der Waals surface area contributed by atoms with E-state index in [9.17, 15) is 43.2 Å². The number of hydrogen-bond acceptors (Lipinski definition) is 15. The van der Waals surface area contributed by atoms with Gasteiger partial charge in [0, 0.05) is 25.7 Å². The van der Waals surface area contributed by atoms with Crippen LogP contribution < -0.4 is 0 Å². The van der Waals surface area contributed by atoms with Gasteiger partial charge in [-0.15, -0.1) is 0 Å². The SMILES string of the molecule is CCC(C)CCCCCCCCCCCCCCCCCCCCC(=O)O[C@H](COC(=O)CCCCCCCCCC(C)C)COP(=O)(O)OCC(O)COP(=O)(O)OC[C@@H](COC(=O)CCCCCCCCCCCCCCC(C)C)OC(=O)CCCCCCCCCCCCCCCCC(C)CC. The Labute approximate surface area is 645 Å². The highest BCUT2D eigenvalue weighted by molar-refractivity contribution is 7.47. The number of phosphoric acid groups is 2. The Kier molecular flexibility index (Phi) is 73.4. The Morgan fingerprint density at radius 3 is 0.676 bits per heavy atom. The molecule has 7 atom stereocenters. The van der Waals surface area contributed by atoms with E-state index in [2.05, 4.69) is 55.4 Å². The third-order valence-corrected chi connectivity index (χ3v) is 22.7. The molecule has 5 unspecified atom stereocenters. The molecule has 0 heterocycles. The first kappa shape index (κ1) is 103. The zero-order valence-corrected chi connectivity index (χ0v) is 71.2. The lowest BCUT2D eigenvalue weighted by molar-refractivity contribution is -0.161. The molecule has 0 amide bonds. The second kappa shape index (κ2) is 74.8. The van der Waals surface area contributed by atoms with Crippen LogP contribution >= 0.6 is 15.6 Å². The summed E-state index contributed by atoms with van der Waals surface area (Å²) in [6.45, 7) is 14.4. The van der Waals surface area contributed by atoms with Gasteiger partial charge in [0.25, 0.3) is 0 Å². The molecular weight excluding hydrogens is 1370 g/mol. The highest BCUT2D eigenvalue weighted by Crippen LogP contribution is 2.45. The van der Waals surface area contributed by atoms with Gasteiger partial charge in [-0.3, -0.25) is 37.3 Å². The molecule has 0 fully saturated rings. The first-order valence-electron chi connectivity index (χ1n) is 44.3. The number of aliphatic hydroxyl groups is 1. The van der Waals surface area contributed by atoms with Gasteiger partial charge in [-0.1, -0.05) is 396 Å². The molecule has 0 rings (SSSR count). The fourth-order valence-electron chi connectivity index (χ4n) is 13.3. The van der Waals surface area contributed by atoms with Gasteiger partial charge < -0.3 is 33.8 Å². The van der Waals surface area contributed by atoms with E-state index in [0.29, 0.717) is 31.6 Å². The molecule has 0 aliphatic carbocycles. The minimum absolute atomic E-state index is 0.107. The van der Waals surface area contributed by atoms with Gasteiger partial charge in [0.15, 0.2) is 12.2 Å². The number of hydrogen-bond donors (Lipinski definition) is 3. The average molecular weight is 1540 g/mol. The maximum atomic E-state index is 13.1. The van der Waals surface area contributed by atoms with Crippen molar-refractivity contribution in [2.24, 2.45) is 23.7 Å². The van der Waals surface area contributed by atoms with Crippen LogP contribution in [-0.4, -0.2) is 96.7 Å². The van der Waals surface area contributed by atoms with E-state index in [0.717, 1.165) is 114 Å². The van der Waals surface area contributed by atoms with Crippen molar-refractivity contribution in [2.75, 3.05) is 39.6 Å². The molecular formula is C86H168O17P2. The van der Waals surface area contributed by atoms with Crippen molar-refractivity contribution in [2.45, 2.75) is 465 Å². The summed E-state index contributed by atoms with van der Waals surface area (Å²) in [6.07, 6.45) is 63.9. The highest BCUT2D eigenvalue weighted by atomic mass is 31.2. The van der Waals surface area contributed by atoms with E-state index in [1.807, 2.05) is 0 Å². The molecule has 0 bridgehead atoms. The number of unbranched alkanes of at least 4 members (excludes halogenated alkanes) is 47. The Balaban J connectivity index is 5.21. The fourth-order valence-corrected chi connectivity index (χ4v) is 14.8. The predicted octanol–water partition coefficient (Wildman–Crippen LogP) is 25.9. The lowest BCUT2D eigenvalue weighted by Gasteiger charge is -2.21. The Morgan fingerprint density at radius 1 is 0.267 bits per heavy atom. The smallest absolute Gasteiger partial charge is 0.462 e. The number of esters is 4. The highest BCUT2D eigenvalue weighted by Gasteiger charge is 2.31. The van der Waals surface area contributed by atoms with Crippen LogP contribution in [-0.2, 0) is 65.4 Å². The zero-order chi connectivity index (χ0) is 77.4. The van der Waals surface area contributed by atoms with E-state index in [4.69, 9.17) is 37.0 Å². The topological polar surface area (TPSA) is 237 Å². The van der Waals surface area contributed by atoms with Crippen LogP contribution in [0.3, 0.4) is 0 Å². The molecule has 624 valence electrons. The maximum Gasteiger partial charge on any atom is 0.472 e. The Hall–Kier alpha value is -1.94. The number of carbonyl (C=O) groups is 4. The number of phosphoric ester groups is 2. The van der Waals surface area contributed by atoms with Crippen molar-refractivity contribution in [3.05, 3.63) is 0 Å². The van der Waals surface area contributed by atoms with Gasteiger partial charge in [-0.2, -0.15) is 0 Å². The molecule has 17 nitrogen and oxygen atoms in total. The molecule has 0 saturated carbocycles. The third kappa shape index (κ3) is 77.2.